The Kier molecular flexibility index (Phi) is 10.2. The Labute approximate surface area is 185 Å². The lowest BCUT2D eigenvalue weighted by atomic mass is 10.1. The first-order valence-electron chi connectivity index (χ1n) is 9.22. The van der Waals surface area contributed by atoms with Crippen LogP contribution in [0.4, 0.5) is 10.9 Å². The second kappa shape index (κ2) is 12.7. The van der Waals surface area contributed by atoms with Crippen molar-refractivity contribution in [3.8, 4) is 0 Å². The lowest BCUT2D eigenvalue weighted by Crippen LogP contribution is -2.09. The Morgan fingerprint density at radius 1 is 1.21 bits per heavy atom. The molecule has 6 nitrogen and oxygen atoms in total. The van der Waals surface area contributed by atoms with E-state index in [0.717, 1.165) is 28.7 Å². The van der Waals surface area contributed by atoms with Gasteiger partial charge in [-0.3, -0.25) is 0 Å². The smallest absolute Gasteiger partial charge is 0.193 e. The maximum atomic E-state index is 6.18. The molecule has 0 saturated heterocycles. The maximum Gasteiger partial charge on any atom is 0.193 e. The number of anilines is 2. The van der Waals surface area contributed by atoms with Crippen LogP contribution < -0.4 is 21.5 Å². The molecular weight excluding hydrogens is 424 g/mol. The molecule has 2 aromatic heterocycles. The zero-order valence-corrected chi connectivity index (χ0v) is 19.0. The molecule has 0 aliphatic heterocycles. The van der Waals surface area contributed by atoms with Crippen LogP contribution >= 0.6 is 34.9 Å². The predicted octanol–water partition coefficient (Wildman–Crippen LogP) is 4.83. The van der Waals surface area contributed by atoms with Gasteiger partial charge in [-0.1, -0.05) is 35.9 Å². The number of nitrogens with two attached hydrogens (primary N) is 2. The molecule has 6 N–H and O–H groups in total. The van der Waals surface area contributed by atoms with Crippen molar-refractivity contribution in [1.29, 1.82) is 0 Å². The number of nitrogens with zero attached hydrogens (tertiary/aromatic N) is 2. The van der Waals surface area contributed by atoms with Crippen molar-refractivity contribution in [2.75, 3.05) is 23.1 Å². The Hall–Kier alpha value is -1.84. The minimum atomic E-state index is 0.601. The summed E-state index contributed by atoms with van der Waals surface area (Å²) in [5.74, 6) is 0.689. The number of aryl methyl sites for hydroxylation is 2. The Balaban J connectivity index is 0.000000278. The molecular formula is C20H27ClN6S2. The van der Waals surface area contributed by atoms with Crippen molar-refractivity contribution in [3.05, 3.63) is 63.8 Å². The Bertz CT molecular complexity index is 887. The number of halogens is 1. The standard InChI is InChI=1S/C12H16ClN5S2.C8H11N/c1-8-7-19-12(17-8)18-20-9-5-10(13)11(16-6-9)15-4-2-3-14;1-7-4-2-3-5-8(7)6-9/h5-7H,2-4,14H2,1H3,(H,15,16)(H,17,18);2-5H,6,9H2,1H3. The molecule has 0 spiro atoms. The van der Waals surface area contributed by atoms with Crippen LogP contribution in [0.2, 0.25) is 5.02 Å². The van der Waals surface area contributed by atoms with E-state index in [9.17, 15) is 0 Å². The quantitative estimate of drug-likeness (QED) is 0.288. The summed E-state index contributed by atoms with van der Waals surface area (Å²) in [5.41, 5.74) is 14.4. The number of thiazole rings is 1. The van der Waals surface area contributed by atoms with Crippen LogP contribution in [-0.4, -0.2) is 23.1 Å². The summed E-state index contributed by atoms with van der Waals surface area (Å²) in [6, 6.07) is 10.0. The van der Waals surface area contributed by atoms with Gasteiger partial charge in [-0.05, 0) is 56.0 Å². The minimum Gasteiger partial charge on any atom is -0.369 e. The molecule has 29 heavy (non-hydrogen) atoms. The summed E-state index contributed by atoms with van der Waals surface area (Å²) >= 11 is 9.19. The van der Waals surface area contributed by atoms with Gasteiger partial charge in [-0.25, -0.2) is 9.97 Å². The predicted molar refractivity (Wildman–Crippen MR) is 127 cm³/mol. The van der Waals surface area contributed by atoms with Gasteiger partial charge in [0.1, 0.15) is 5.82 Å². The number of nitrogens with one attached hydrogen (secondary N) is 2. The van der Waals surface area contributed by atoms with Gasteiger partial charge in [0.25, 0.3) is 0 Å². The molecule has 2 heterocycles. The van der Waals surface area contributed by atoms with E-state index in [4.69, 9.17) is 23.1 Å². The molecule has 0 fully saturated rings. The second-order valence-electron chi connectivity index (χ2n) is 6.20. The van der Waals surface area contributed by atoms with E-state index in [1.54, 1.807) is 17.5 Å². The molecule has 9 heteroatoms. The summed E-state index contributed by atoms with van der Waals surface area (Å²) < 4.78 is 3.17. The van der Waals surface area contributed by atoms with Gasteiger partial charge in [0.15, 0.2) is 5.13 Å². The molecule has 1 aromatic carbocycles. The third-order valence-electron chi connectivity index (χ3n) is 3.85. The van der Waals surface area contributed by atoms with Crippen LogP contribution in [-0.2, 0) is 6.54 Å². The summed E-state index contributed by atoms with van der Waals surface area (Å²) in [6.45, 7) is 6.10. The molecule has 0 aliphatic rings. The third-order valence-corrected chi connectivity index (χ3v) is 5.89. The number of pyridine rings is 1. The summed E-state index contributed by atoms with van der Waals surface area (Å²) in [6.07, 6.45) is 2.66. The van der Waals surface area contributed by atoms with E-state index in [0.29, 0.717) is 23.9 Å². The topological polar surface area (TPSA) is 102 Å². The van der Waals surface area contributed by atoms with Gasteiger partial charge in [0.2, 0.25) is 0 Å². The van der Waals surface area contributed by atoms with Crippen molar-refractivity contribution in [2.45, 2.75) is 31.7 Å². The summed E-state index contributed by atoms with van der Waals surface area (Å²) in [7, 11) is 0. The molecule has 0 aliphatic carbocycles. The van der Waals surface area contributed by atoms with Crippen molar-refractivity contribution in [3.63, 3.8) is 0 Å². The zero-order chi connectivity index (χ0) is 21.1. The fraction of sp³-hybridized carbons (Fsp3) is 0.300. The molecule has 156 valence electrons. The Morgan fingerprint density at radius 2 is 2.00 bits per heavy atom. The van der Waals surface area contributed by atoms with E-state index in [-0.39, 0.29) is 0 Å². The molecule has 0 saturated carbocycles. The first kappa shape index (κ1) is 23.4. The molecule has 3 aromatic rings. The van der Waals surface area contributed by atoms with E-state index >= 15 is 0 Å². The molecule has 0 unspecified atom stereocenters. The van der Waals surface area contributed by atoms with E-state index in [1.807, 2.05) is 30.5 Å². The van der Waals surface area contributed by atoms with Crippen LogP contribution in [0, 0.1) is 13.8 Å². The highest BCUT2D eigenvalue weighted by Crippen LogP contribution is 2.28. The zero-order valence-electron chi connectivity index (χ0n) is 16.6. The molecule has 0 atom stereocenters. The van der Waals surface area contributed by atoms with Crippen molar-refractivity contribution < 1.29 is 0 Å². The number of rotatable bonds is 8. The number of hydrogen-bond donors (Lipinski definition) is 4. The molecule has 3 rings (SSSR count). The SMILES string of the molecule is Cc1ccccc1CN.Cc1csc(NSc2cnc(NCCCN)c(Cl)c2)n1. The molecule has 0 bridgehead atoms. The van der Waals surface area contributed by atoms with Gasteiger partial charge in [0, 0.05) is 29.6 Å². The van der Waals surface area contributed by atoms with Crippen molar-refractivity contribution in [2.24, 2.45) is 11.5 Å². The van der Waals surface area contributed by atoms with Gasteiger partial charge >= 0.3 is 0 Å². The average molecular weight is 451 g/mol. The highest BCUT2D eigenvalue weighted by atomic mass is 35.5. The maximum absolute atomic E-state index is 6.18. The van der Waals surface area contributed by atoms with Crippen LogP contribution in [0.5, 0.6) is 0 Å². The minimum absolute atomic E-state index is 0.601. The normalized spacial score (nSPS) is 10.2. The van der Waals surface area contributed by atoms with E-state index < -0.39 is 0 Å². The average Bonchev–Trinajstić information content (AvgIpc) is 3.14. The summed E-state index contributed by atoms with van der Waals surface area (Å²) in [5, 5.41) is 6.62. The van der Waals surface area contributed by atoms with Crippen LogP contribution in [0.15, 0.2) is 46.8 Å². The van der Waals surface area contributed by atoms with Crippen molar-refractivity contribution >= 4 is 45.8 Å². The van der Waals surface area contributed by atoms with Gasteiger partial charge in [-0.2, -0.15) is 0 Å². The monoisotopic (exact) mass is 450 g/mol. The highest BCUT2D eigenvalue weighted by molar-refractivity contribution is 8.00. The van der Waals surface area contributed by atoms with E-state index in [2.05, 4.69) is 39.1 Å². The lowest BCUT2D eigenvalue weighted by molar-refractivity contribution is 0.869. The van der Waals surface area contributed by atoms with Gasteiger partial charge in [-0.15, -0.1) is 11.3 Å². The first-order chi connectivity index (χ1) is 14.0. The van der Waals surface area contributed by atoms with Gasteiger partial charge < -0.3 is 21.5 Å². The van der Waals surface area contributed by atoms with Crippen molar-refractivity contribution in [1.82, 2.24) is 9.97 Å². The fourth-order valence-corrected chi connectivity index (χ4v) is 3.94. The number of benzene rings is 1. The van der Waals surface area contributed by atoms with Gasteiger partial charge in [0.05, 0.1) is 10.7 Å². The van der Waals surface area contributed by atoms with Crippen LogP contribution in [0.1, 0.15) is 23.2 Å². The summed E-state index contributed by atoms with van der Waals surface area (Å²) in [4.78, 5) is 9.57. The first-order valence-corrected chi connectivity index (χ1v) is 11.3. The Morgan fingerprint density at radius 3 is 2.59 bits per heavy atom. The fourth-order valence-electron chi connectivity index (χ4n) is 2.26. The highest BCUT2D eigenvalue weighted by Gasteiger charge is 2.05. The number of aromatic nitrogens is 2. The largest absolute Gasteiger partial charge is 0.369 e. The molecule has 0 radical (unpaired) electrons. The number of hydrogen-bond acceptors (Lipinski definition) is 8. The van der Waals surface area contributed by atoms with E-state index in [1.165, 1.54) is 23.1 Å². The lowest BCUT2D eigenvalue weighted by Gasteiger charge is -2.08. The van der Waals surface area contributed by atoms with Crippen LogP contribution in [0.25, 0.3) is 0 Å². The molecule has 0 amide bonds. The third kappa shape index (κ3) is 8.20. The second-order valence-corrected chi connectivity index (χ2v) is 8.34. The van der Waals surface area contributed by atoms with Crippen LogP contribution in [0.3, 0.4) is 0 Å².